The number of hydrogen-bond donors (Lipinski definition) is 2. The van der Waals surface area contributed by atoms with Crippen LogP contribution in [0.25, 0.3) is 0 Å². The molecule has 1 saturated heterocycles. The number of aliphatic carboxylic acids is 1. The van der Waals surface area contributed by atoms with Gasteiger partial charge >= 0.3 is 5.97 Å². The molecule has 2 N–H and O–H groups in total. The summed E-state index contributed by atoms with van der Waals surface area (Å²) in [6.45, 7) is 14.6. The van der Waals surface area contributed by atoms with Gasteiger partial charge in [-0.2, -0.15) is 0 Å². The average molecular weight is 452 g/mol. The summed E-state index contributed by atoms with van der Waals surface area (Å²) in [5.74, 6) is -1.24. The number of carboxylic acids is 1. The number of likely N-dealkylation sites (tertiary alicyclic amines) is 1. The van der Waals surface area contributed by atoms with Crippen molar-refractivity contribution < 1.29 is 19.5 Å². The molecule has 0 aromatic rings. The van der Waals surface area contributed by atoms with E-state index in [-0.39, 0.29) is 41.3 Å². The molecule has 0 aromatic heterocycles. The SMILES string of the molecule is CCC(C)N1CCCC[C@@H]1C(=O)N[C@H](C(=O)N(C)[C@H](C=C(C)C(=O)O)C(C)C)[C@@H](C)CC. The normalized spacial score (nSPS) is 21.5. The molecular weight excluding hydrogens is 406 g/mol. The van der Waals surface area contributed by atoms with E-state index in [1.54, 1.807) is 18.0 Å². The van der Waals surface area contributed by atoms with E-state index < -0.39 is 12.0 Å². The standard InChI is InChI=1S/C25H45N3O4/c1-9-17(5)22(24(30)27(8)21(16(3)4)15-18(6)25(31)32)26-23(29)20-13-11-12-14-28(20)19(7)10-2/h15-17,19-22H,9-14H2,1-8H3,(H,26,29)(H,31,32)/t17-,19?,20+,21+,22-/m0/s1. The lowest BCUT2D eigenvalue weighted by molar-refractivity contribution is -0.140. The van der Waals surface area contributed by atoms with E-state index in [2.05, 4.69) is 24.1 Å². The van der Waals surface area contributed by atoms with E-state index in [0.717, 1.165) is 38.6 Å². The number of nitrogens with zero attached hydrogens (tertiary/aromatic N) is 2. The Kier molecular flexibility index (Phi) is 11.4. The van der Waals surface area contributed by atoms with Crippen LogP contribution in [0.5, 0.6) is 0 Å². The molecule has 7 heteroatoms. The molecule has 5 atom stereocenters. The van der Waals surface area contributed by atoms with E-state index in [1.165, 1.54) is 6.92 Å². The highest BCUT2D eigenvalue weighted by molar-refractivity contribution is 5.90. The van der Waals surface area contributed by atoms with E-state index in [4.69, 9.17) is 0 Å². The predicted octanol–water partition coefficient (Wildman–Crippen LogP) is 3.68. The largest absolute Gasteiger partial charge is 0.478 e. The summed E-state index contributed by atoms with van der Waals surface area (Å²) in [5, 5.41) is 12.4. The molecule has 1 heterocycles. The Bertz CT molecular complexity index is 676. The maximum absolute atomic E-state index is 13.6. The van der Waals surface area contributed by atoms with Gasteiger partial charge in [-0.1, -0.05) is 53.5 Å². The summed E-state index contributed by atoms with van der Waals surface area (Å²) in [6, 6.07) is -0.898. The van der Waals surface area contributed by atoms with E-state index in [9.17, 15) is 19.5 Å². The van der Waals surface area contributed by atoms with Crippen LogP contribution >= 0.6 is 0 Å². The molecule has 0 saturated carbocycles. The highest BCUT2D eigenvalue weighted by atomic mass is 16.4. The molecule has 2 amide bonds. The summed E-state index contributed by atoms with van der Waals surface area (Å²) in [6.07, 6.45) is 6.28. The first kappa shape index (κ1) is 28.1. The first-order valence-electron chi connectivity index (χ1n) is 12.2. The third kappa shape index (κ3) is 7.32. The molecule has 1 aliphatic heterocycles. The van der Waals surface area contributed by atoms with Crippen LogP contribution in [0.3, 0.4) is 0 Å². The third-order valence-corrected chi connectivity index (χ3v) is 7.02. The second-order valence-electron chi connectivity index (χ2n) is 9.72. The number of piperidine rings is 1. The number of carbonyl (C=O) groups is 3. The van der Waals surface area contributed by atoms with Crippen LogP contribution in [0.2, 0.25) is 0 Å². The fourth-order valence-corrected chi connectivity index (χ4v) is 4.38. The van der Waals surface area contributed by atoms with Crippen molar-refractivity contribution in [1.82, 2.24) is 15.1 Å². The average Bonchev–Trinajstić information content (AvgIpc) is 2.78. The molecule has 1 fully saturated rings. The van der Waals surface area contributed by atoms with E-state index in [1.807, 2.05) is 27.7 Å². The van der Waals surface area contributed by atoms with E-state index >= 15 is 0 Å². The lowest BCUT2D eigenvalue weighted by Crippen LogP contribution is -2.59. The summed E-state index contributed by atoms with van der Waals surface area (Å²) in [7, 11) is 1.70. The number of rotatable bonds is 11. The lowest BCUT2D eigenvalue weighted by atomic mass is 9.93. The van der Waals surface area contributed by atoms with Crippen molar-refractivity contribution in [3.8, 4) is 0 Å². The third-order valence-electron chi connectivity index (χ3n) is 7.02. The summed E-state index contributed by atoms with van der Waals surface area (Å²) < 4.78 is 0. The second-order valence-corrected chi connectivity index (χ2v) is 9.72. The Balaban J connectivity index is 3.13. The van der Waals surface area contributed by atoms with Gasteiger partial charge in [0.2, 0.25) is 11.8 Å². The molecule has 7 nitrogen and oxygen atoms in total. The zero-order valence-electron chi connectivity index (χ0n) is 21.4. The van der Waals surface area contributed by atoms with Crippen LogP contribution in [0.4, 0.5) is 0 Å². The molecule has 0 radical (unpaired) electrons. The van der Waals surface area contributed by atoms with Gasteiger partial charge in [0, 0.05) is 18.7 Å². The summed E-state index contributed by atoms with van der Waals surface area (Å²) in [5.41, 5.74) is 0.207. The Hall–Kier alpha value is -1.89. The van der Waals surface area contributed by atoms with Crippen LogP contribution < -0.4 is 5.32 Å². The molecule has 0 aliphatic carbocycles. The fraction of sp³-hybridized carbons (Fsp3) is 0.800. The minimum atomic E-state index is -0.995. The molecular formula is C25H45N3O4. The van der Waals surface area contributed by atoms with Gasteiger partial charge < -0.3 is 15.3 Å². The first-order chi connectivity index (χ1) is 15.0. The molecule has 184 valence electrons. The van der Waals surface area contributed by atoms with Gasteiger partial charge in [0.1, 0.15) is 6.04 Å². The van der Waals surface area contributed by atoms with Crippen molar-refractivity contribution in [3.63, 3.8) is 0 Å². The number of nitrogens with one attached hydrogen (secondary N) is 1. The Morgan fingerprint density at radius 3 is 2.25 bits per heavy atom. The van der Waals surface area contributed by atoms with Gasteiger partial charge in [-0.05, 0) is 51.5 Å². The highest BCUT2D eigenvalue weighted by Crippen LogP contribution is 2.23. The zero-order chi connectivity index (χ0) is 24.6. The van der Waals surface area contributed by atoms with Gasteiger partial charge in [-0.15, -0.1) is 0 Å². The lowest BCUT2D eigenvalue weighted by Gasteiger charge is -2.40. The summed E-state index contributed by atoms with van der Waals surface area (Å²) >= 11 is 0. The Morgan fingerprint density at radius 1 is 1.12 bits per heavy atom. The molecule has 1 rings (SSSR count). The van der Waals surface area contributed by atoms with Crippen molar-refractivity contribution in [1.29, 1.82) is 0 Å². The molecule has 0 spiro atoms. The van der Waals surface area contributed by atoms with Crippen molar-refractivity contribution in [2.45, 2.75) is 105 Å². The topological polar surface area (TPSA) is 90.0 Å². The van der Waals surface area contributed by atoms with Gasteiger partial charge in [0.05, 0.1) is 12.1 Å². The minimum Gasteiger partial charge on any atom is -0.478 e. The predicted molar refractivity (Wildman–Crippen MR) is 128 cm³/mol. The quantitative estimate of drug-likeness (QED) is 0.468. The van der Waals surface area contributed by atoms with Gasteiger partial charge in [0.25, 0.3) is 0 Å². The van der Waals surface area contributed by atoms with Crippen molar-refractivity contribution in [2.24, 2.45) is 11.8 Å². The van der Waals surface area contributed by atoms with Crippen molar-refractivity contribution in [3.05, 3.63) is 11.6 Å². The molecule has 32 heavy (non-hydrogen) atoms. The minimum absolute atomic E-state index is 0.0331. The maximum Gasteiger partial charge on any atom is 0.331 e. The maximum atomic E-state index is 13.6. The number of carbonyl (C=O) groups excluding carboxylic acids is 2. The van der Waals surface area contributed by atoms with Crippen LogP contribution in [0, 0.1) is 11.8 Å². The van der Waals surface area contributed by atoms with Crippen molar-refractivity contribution >= 4 is 17.8 Å². The molecule has 1 unspecified atom stereocenters. The van der Waals surface area contributed by atoms with Gasteiger partial charge in [-0.25, -0.2) is 4.79 Å². The Morgan fingerprint density at radius 2 is 1.75 bits per heavy atom. The van der Waals surface area contributed by atoms with Gasteiger partial charge in [0.15, 0.2) is 0 Å². The number of likely N-dealkylation sites (N-methyl/N-ethyl adjacent to an activating group) is 1. The number of carboxylic acid groups (broad SMARTS) is 1. The number of hydrogen-bond acceptors (Lipinski definition) is 4. The van der Waals surface area contributed by atoms with Crippen LogP contribution in [-0.2, 0) is 14.4 Å². The van der Waals surface area contributed by atoms with E-state index in [0.29, 0.717) is 6.04 Å². The highest BCUT2D eigenvalue weighted by Gasteiger charge is 2.36. The second kappa shape index (κ2) is 13.0. The number of amides is 2. The first-order valence-corrected chi connectivity index (χ1v) is 12.2. The van der Waals surface area contributed by atoms with Crippen molar-refractivity contribution in [2.75, 3.05) is 13.6 Å². The molecule has 1 aliphatic rings. The fourth-order valence-electron chi connectivity index (χ4n) is 4.38. The zero-order valence-corrected chi connectivity index (χ0v) is 21.4. The molecule has 0 aromatic carbocycles. The Labute approximate surface area is 194 Å². The monoisotopic (exact) mass is 451 g/mol. The molecule has 0 bridgehead atoms. The summed E-state index contributed by atoms with van der Waals surface area (Å²) in [4.78, 5) is 42.1. The van der Waals surface area contributed by atoms with Crippen LogP contribution in [-0.4, -0.2) is 70.4 Å². The van der Waals surface area contributed by atoms with Gasteiger partial charge in [-0.3, -0.25) is 14.5 Å². The van der Waals surface area contributed by atoms with Crippen LogP contribution in [0.15, 0.2) is 11.6 Å². The smallest absolute Gasteiger partial charge is 0.331 e. The van der Waals surface area contributed by atoms with Crippen LogP contribution in [0.1, 0.15) is 80.6 Å².